The summed E-state index contributed by atoms with van der Waals surface area (Å²) in [6.07, 6.45) is -5.60. The van der Waals surface area contributed by atoms with Crippen molar-refractivity contribution >= 4 is 17.9 Å². The van der Waals surface area contributed by atoms with Crippen LogP contribution in [-0.2, 0) is 33.3 Å². The van der Waals surface area contributed by atoms with Gasteiger partial charge in [-0.2, -0.15) is 0 Å². The molecule has 8 heteroatoms. The molecule has 0 aromatic heterocycles. The van der Waals surface area contributed by atoms with Crippen LogP contribution in [0.4, 0.5) is 0 Å². The van der Waals surface area contributed by atoms with Crippen molar-refractivity contribution in [1.29, 1.82) is 0 Å². The lowest BCUT2D eigenvalue weighted by atomic mass is 9.99. The second-order valence-electron chi connectivity index (χ2n) is 4.45. The van der Waals surface area contributed by atoms with E-state index in [0.29, 0.717) is 0 Å². The minimum Gasteiger partial charge on any atom is -0.456 e. The number of rotatable bonds is 3. The summed E-state index contributed by atoms with van der Waals surface area (Å²) < 4.78 is 20.1. The molecule has 0 aromatic rings. The molecule has 0 aliphatic carbocycles. The number of aliphatic hydroxyl groups excluding tert-OH is 1. The van der Waals surface area contributed by atoms with E-state index < -0.39 is 48.6 Å². The highest BCUT2D eigenvalue weighted by molar-refractivity contribution is 5.68. The van der Waals surface area contributed by atoms with Crippen LogP contribution in [-0.4, -0.2) is 53.7 Å². The summed E-state index contributed by atoms with van der Waals surface area (Å²) in [5.41, 5.74) is 0. The van der Waals surface area contributed by atoms with Gasteiger partial charge in [0.25, 0.3) is 0 Å². The number of hydrogen-bond acceptors (Lipinski definition) is 8. The van der Waals surface area contributed by atoms with Gasteiger partial charge in [0.15, 0.2) is 24.6 Å². The first kappa shape index (κ1) is 16.4. The Labute approximate surface area is 115 Å². The van der Waals surface area contributed by atoms with Crippen molar-refractivity contribution in [3.8, 4) is 0 Å². The summed E-state index contributed by atoms with van der Waals surface area (Å²) in [5.74, 6) is -1.96. The van der Waals surface area contributed by atoms with Crippen molar-refractivity contribution in [2.75, 3.05) is 0 Å². The predicted molar refractivity (Wildman–Crippen MR) is 63.2 cm³/mol. The molecule has 114 valence electrons. The average molecular weight is 290 g/mol. The highest BCUT2D eigenvalue weighted by Gasteiger charge is 2.49. The van der Waals surface area contributed by atoms with E-state index >= 15 is 0 Å². The Hall–Kier alpha value is -1.67. The Balaban J connectivity index is 3.01. The van der Waals surface area contributed by atoms with Crippen LogP contribution in [0.15, 0.2) is 0 Å². The molecule has 1 aliphatic rings. The van der Waals surface area contributed by atoms with E-state index in [4.69, 9.17) is 18.9 Å². The molecule has 5 atom stereocenters. The van der Waals surface area contributed by atoms with E-state index in [1.165, 1.54) is 13.8 Å². The zero-order valence-corrected chi connectivity index (χ0v) is 11.7. The van der Waals surface area contributed by atoms with Gasteiger partial charge in [0, 0.05) is 20.8 Å². The fourth-order valence-electron chi connectivity index (χ4n) is 1.99. The number of carbonyl (C=O) groups is 3. The van der Waals surface area contributed by atoms with Crippen LogP contribution in [0.2, 0.25) is 0 Å². The number of carbonyl (C=O) groups excluding carboxylic acids is 3. The number of esters is 3. The second-order valence-corrected chi connectivity index (χ2v) is 4.45. The summed E-state index contributed by atoms with van der Waals surface area (Å²) >= 11 is 0. The molecule has 1 fully saturated rings. The van der Waals surface area contributed by atoms with Gasteiger partial charge in [-0.25, -0.2) is 0 Å². The molecule has 0 saturated carbocycles. The average Bonchev–Trinajstić information content (AvgIpc) is 2.27. The molecule has 0 bridgehead atoms. The summed E-state index contributed by atoms with van der Waals surface area (Å²) in [6, 6.07) is 0. The number of aliphatic hydroxyl groups is 1. The molecule has 2 unspecified atom stereocenters. The van der Waals surface area contributed by atoms with Gasteiger partial charge in [-0.1, -0.05) is 0 Å². The van der Waals surface area contributed by atoms with Crippen LogP contribution in [0.1, 0.15) is 27.7 Å². The highest BCUT2D eigenvalue weighted by Crippen LogP contribution is 2.27. The maximum atomic E-state index is 11.2. The van der Waals surface area contributed by atoms with Gasteiger partial charge < -0.3 is 24.1 Å². The van der Waals surface area contributed by atoms with E-state index in [9.17, 15) is 19.5 Å². The molecule has 1 N–H and O–H groups in total. The van der Waals surface area contributed by atoms with Crippen LogP contribution in [0.5, 0.6) is 0 Å². The fraction of sp³-hybridized carbons (Fsp3) is 0.750. The monoisotopic (exact) mass is 290 g/mol. The molecule has 0 aromatic carbocycles. The number of ether oxygens (including phenoxy) is 4. The SMILES string of the molecule is CC(=O)OC1[C@@H](OC(C)=O)[C@H](OC(C)=O)C(C)O[C@@H]1O. The molecular formula is C12H18O8. The summed E-state index contributed by atoms with van der Waals surface area (Å²) in [4.78, 5) is 33.3. The Bertz CT molecular complexity index is 365. The fourth-order valence-corrected chi connectivity index (χ4v) is 1.99. The van der Waals surface area contributed by atoms with Gasteiger partial charge in [0.2, 0.25) is 0 Å². The smallest absolute Gasteiger partial charge is 0.303 e. The molecule has 8 nitrogen and oxygen atoms in total. The van der Waals surface area contributed by atoms with E-state index in [2.05, 4.69) is 0 Å². The zero-order valence-electron chi connectivity index (χ0n) is 11.7. The van der Waals surface area contributed by atoms with Gasteiger partial charge in [0.1, 0.15) is 0 Å². The van der Waals surface area contributed by atoms with Gasteiger partial charge in [0.05, 0.1) is 6.10 Å². The minimum atomic E-state index is -1.48. The Morgan fingerprint density at radius 1 is 0.850 bits per heavy atom. The quantitative estimate of drug-likeness (QED) is 0.548. The normalized spacial score (nSPS) is 33.1. The minimum absolute atomic E-state index is 0.611. The van der Waals surface area contributed by atoms with Gasteiger partial charge >= 0.3 is 17.9 Å². The Morgan fingerprint density at radius 3 is 1.70 bits per heavy atom. The molecule has 1 saturated heterocycles. The maximum Gasteiger partial charge on any atom is 0.303 e. The summed E-state index contributed by atoms with van der Waals surface area (Å²) in [5, 5.41) is 9.79. The highest BCUT2D eigenvalue weighted by atomic mass is 16.7. The molecule has 0 radical (unpaired) electrons. The Kier molecular flexibility index (Phi) is 5.46. The van der Waals surface area contributed by atoms with E-state index in [1.807, 2.05) is 0 Å². The van der Waals surface area contributed by atoms with Crippen LogP contribution >= 0.6 is 0 Å². The maximum absolute atomic E-state index is 11.2. The molecular weight excluding hydrogens is 272 g/mol. The third kappa shape index (κ3) is 4.17. The van der Waals surface area contributed by atoms with Gasteiger partial charge in [-0.15, -0.1) is 0 Å². The van der Waals surface area contributed by atoms with Crippen molar-refractivity contribution in [2.24, 2.45) is 0 Å². The molecule has 1 heterocycles. The lowest BCUT2D eigenvalue weighted by Gasteiger charge is -2.41. The van der Waals surface area contributed by atoms with Crippen molar-refractivity contribution < 1.29 is 38.4 Å². The van der Waals surface area contributed by atoms with Crippen molar-refractivity contribution in [1.82, 2.24) is 0 Å². The van der Waals surface area contributed by atoms with Crippen LogP contribution in [0.3, 0.4) is 0 Å². The summed E-state index contributed by atoms with van der Waals surface area (Å²) in [7, 11) is 0. The Morgan fingerprint density at radius 2 is 1.25 bits per heavy atom. The van der Waals surface area contributed by atoms with E-state index in [0.717, 1.165) is 13.8 Å². The molecule has 0 amide bonds. The molecule has 1 aliphatic heterocycles. The summed E-state index contributed by atoms with van der Waals surface area (Å²) in [6.45, 7) is 5.01. The first-order chi connectivity index (χ1) is 9.22. The standard InChI is InChI=1S/C12H18O8/c1-5-9(18-6(2)13)10(19-7(3)14)11(12(16)17-5)20-8(4)15/h5,9-12,16H,1-4H3/t5?,9-,10+,11?,12+/m1/s1. The van der Waals surface area contributed by atoms with Crippen LogP contribution in [0.25, 0.3) is 0 Å². The van der Waals surface area contributed by atoms with Crippen LogP contribution in [0, 0.1) is 0 Å². The molecule has 1 rings (SSSR count). The first-order valence-electron chi connectivity index (χ1n) is 6.07. The third-order valence-corrected chi connectivity index (χ3v) is 2.65. The van der Waals surface area contributed by atoms with Crippen LogP contribution < -0.4 is 0 Å². The second kappa shape index (κ2) is 6.67. The van der Waals surface area contributed by atoms with Gasteiger partial charge in [-0.3, -0.25) is 14.4 Å². The largest absolute Gasteiger partial charge is 0.456 e. The van der Waals surface area contributed by atoms with Gasteiger partial charge in [-0.05, 0) is 6.92 Å². The van der Waals surface area contributed by atoms with Crippen molar-refractivity contribution in [3.63, 3.8) is 0 Å². The topological polar surface area (TPSA) is 108 Å². The number of hydrogen-bond donors (Lipinski definition) is 1. The van der Waals surface area contributed by atoms with Crippen molar-refractivity contribution in [2.45, 2.75) is 58.4 Å². The first-order valence-corrected chi connectivity index (χ1v) is 6.07. The van der Waals surface area contributed by atoms with Crippen molar-refractivity contribution in [3.05, 3.63) is 0 Å². The van der Waals surface area contributed by atoms with E-state index in [1.54, 1.807) is 0 Å². The molecule has 0 spiro atoms. The third-order valence-electron chi connectivity index (χ3n) is 2.65. The van der Waals surface area contributed by atoms with E-state index in [-0.39, 0.29) is 0 Å². The lowest BCUT2D eigenvalue weighted by molar-refractivity contribution is -0.288. The predicted octanol–water partition coefficient (Wildman–Crippen LogP) is -0.481. The lowest BCUT2D eigenvalue weighted by Crippen LogP contribution is -2.60. The zero-order chi connectivity index (χ0) is 15.4. The molecule has 20 heavy (non-hydrogen) atoms.